The summed E-state index contributed by atoms with van der Waals surface area (Å²) >= 11 is 0. The number of hydrogen-bond acceptors (Lipinski definition) is 1. The Morgan fingerprint density at radius 2 is 1.18 bits per heavy atom. The van der Waals surface area contributed by atoms with E-state index in [0.717, 1.165) is 17.8 Å². The van der Waals surface area contributed by atoms with E-state index in [1.807, 2.05) is 0 Å². The molecule has 100 valence electrons. The summed E-state index contributed by atoms with van der Waals surface area (Å²) in [5, 5.41) is 3.47. The van der Waals surface area contributed by atoms with Crippen LogP contribution >= 0.6 is 0 Å². The molecule has 0 unspecified atom stereocenters. The zero-order valence-corrected chi connectivity index (χ0v) is 11.7. The molecule has 0 atom stereocenters. The van der Waals surface area contributed by atoms with E-state index in [-0.39, 0.29) is 0 Å². The molecule has 1 N–H and O–H groups in total. The summed E-state index contributed by atoms with van der Waals surface area (Å²) in [7, 11) is 0. The van der Waals surface area contributed by atoms with Gasteiger partial charge in [-0.3, -0.25) is 0 Å². The van der Waals surface area contributed by atoms with E-state index in [9.17, 15) is 0 Å². The van der Waals surface area contributed by atoms with E-state index in [1.54, 1.807) is 0 Å². The summed E-state index contributed by atoms with van der Waals surface area (Å²) in [4.78, 5) is 0. The number of nitrogens with one attached hydrogen (secondary N) is 1. The first-order valence-corrected chi connectivity index (χ1v) is 8.09. The quantitative estimate of drug-likeness (QED) is 0.748. The van der Waals surface area contributed by atoms with Crippen LogP contribution in [0.2, 0.25) is 0 Å². The lowest BCUT2D eigenvalue weighted by atomic mass is 9.77. The summed E-state index contributed by atoms with van der Waals surface area (Å²) < 4.78 is 0. The van der Waals surface area contributed by atoms with Crippen molar-refractivity contribution in [3.63, 3.8) is 0 Å². The van der Waals surface area contributed by atoms with Crippen molar-refractivity contribution in [3.8, 4) is 0 Å². The maximum absolute atomic E-state index is 3.47. The van der Waals surface area contributed by atoms with Gasteiger partial charge in [0.1, 0.15) is 0 Å². The molecular formula is C16H31N. The third-order valence-electron chi connectivity index (χ3n) is 5.11. The van der Waals surface area contributed by atoms with E-state index in [0.29, 0.717) is 0 Å². The first-order valence-electron chi connectivity index (χ1n) is 8.09. The average molecular weight is 237 g/mol. The molecule has 0 spiro atoms. The van der Waals surface area contributed by atoms with Crippen LogP contribution in [0.3, 0.4) is 0 Å². The number of rotatable bonds is 5. The fraction of sp³-hybridized carbons (Fsp3) is 1.00. The molecule has 0 aromatic carbocycles. The van der Waals surface area contributed by atoms with Crippen molar-refractivity contribution in [1.82, 2.24) is 5.32 Å². The fourth-order valence-corrected chi connectivity index (χ4v) is 3.86. The predicted molar refractivity (Wildman–Crippen MR) is 75.2 cm³/mol. The molecule has 1 heterocycles. The molecule has 2 aliphatic rings. The summed E-state index contributed by atoms with van der Waals surface area (Å²) in [6.45, 7) is 4.88. The van der Waals surface area contributed by atoms with Crippen LogP contribution in [0.15, 0.2) is 0 Å². The van der Waals surface area contributed by atoms with Gasteiger partial charge in [-0.15, -0.1) is 0 Å². The molecule has 2 rings (SSSR count). The van der Waals surface area contributed by atoms with Crippen LogP contribution in [0.4, 0.5) is 0 Å². The second kappa shape index (κ2) is 7.41. The van der Waals surface area contributed by atoms with E-state index in [2.05, 4.69) is 12.2 Å². The van der Waals surface area contributed by atoms with Gasteiger partial charge in [-0.2, -0.15) is 0 Å². The van der Waals surface area contributed by atoms with E-state index >= 15 is 0 Å². The maximum atomic E-state index is 3.47. The molecule has 0 amide bonds. The summed E-state index contributed by atoms with van der Waals surface area (Å²) in [6.07, 6.45) is 14.9. The van der Waals surface area contributed by atoms with Crippen LogP contribution in [0.5, 0.6) is 0 Å². The lowest BCUT2D eigenvalue weighted by molar-refractivity contribution is 0.230. The monoisotopic (exact) mass is 237 g/mol. The highest BCUT2D eigenvalue weighted by Crippen LogP contribution is 2.35. The van der Waals surface area contributed by atoms with E-state index in [1.165, 1.54) is 77.3 Å². The fourth-order valence-electron chi connectivity index (χ4n) is 3.86. The van der Waals surface area contributed by atoms with Gasteiger partial charge in [-0.1, -0.05) is 58.3 Å². The van der Waals surface area contributed by atoms with Gasteiger partial charge in [0.25, 0.3) is 0 Å². The Bertz CT molecular complexity index is 188. The molecule has 1 aliphatic carbocycles. The van der Waals surface area contributed by atoms with Gasteiger partial charge >= 0.3 is 0 Å². The standard InChI is InChI=1S/C16H31N/c1-2-3-14-4-6-15(7-5-14)8-9-16-10-12-17-13-11-16/h14-17H,2-13H2,1H3. The van der Waals surface area contributed by atoms with Crippen molar-refractivity contribution in [2.24, 2.45) is 17.8 Å². The van der Waals surface area contributed by atoms with Crippen molar-refractivity contribution in [1.29, 1.82) is 0 Å². The van der Waals surface area contributed by atoms with Gasteiger partial charge in [-0.05, 0) is 43.7 Å². The van der Waals surface area contributed by atoms with Gasteiger partial charge in [0, 0.05) is 0 Å². The molecule has 0 radical (unpaired) electrons. The summed E-state index contributed by atoms with van der Waals surface area (Å²) in [5.41, 5.74) is 0. The Hall–Kier alpha value is -0.0400. The smallest absolute Gasteiger partial charge is 0.00463 e. The van der Waals surface area contributed by atoms with Crippen LogP contribution in [-0.2, 0) is 0 Å². The molecule has 1 heteroatoms. The van der Waals surface area contributed by atoms with Crippen molar-refractivity contribution in [2.45, 2.75) is 71.1 Å². The zero-order valence-electron chi connectivity index (χ0n) is 11.7. The van der Waals surface area contributed by atoms with E-state index < -0.39 is 0 Å². The molecule has 1 aliphatic heterocycles. The third-order valence-corrected chi connectivity index (χ3v) is 5.11. The second-order valence-electron chi connectivity index (χ2n) is 6.45. The molecule has 1 saturated heterocycles. The SMILES string of the molecule is CCCC1CCC(CCC2CCNCC2)CC1. The molecule has 17 heavy (non-hydrogen) atoms. The molecule has 1 nitrogen and oxygen atoms in total. The van der Waals surface area contributed by atoms with Gasteiger partial charge in [0.05, 0.1) is 0 Å². The minimum Gasteiger partial charge on any atom is -0.317 e. The minimum atomic E-state index is 1.05. The van der Waals surface area contributed by atoms with Crippen molar-refractivity contribution in [3.05, 3.63) is 0 Å². The topological polar surface area (TPSA) is 12.0 Å². The van der Waals surface area contributed by atoms with Gasteiger partial charge in [0.2, 0.25) is 0 Å². The Balaban J connectivity index is 1.57. The highest BCUT2D eigenvalue weighted by molar-refractivity contribution is 4.75. The van der Waals surface area contributed by atoms with Gasteiger partial charge in [0.15, 0.2) is 0 Å². The predicted octanol–water partition coefficient (Wildman–Crippen LogP) is 4.37. The first kappa shape index (κ1) is 13.4. The van der Waals surface area contributed by atoms with Gasteiger partial charge in [-0.25, -0.2) is 0 Å². The minimum absolute atomic E-state index is 1.05. The molecule has 0 aromatic rings. The van der Waals surface area contributed by atoms with E-state index in [4.69, 9.17) is 0 Å². The van der Waals surface area contributed by atoms with Crippen LogP contribution in [0.25, 0.3) is 0 Å². The van der Waals surface area contributed by atoms with Crippen LogP contribution < -0.4 is 5.32 Å². The highest BCUT2D eigenvalue weighted by Gasteiger charge is 2.21. The first-order chi connectivity index (χ1) is 8.38. The molecule has 1 saturated carbocycles. The number of hydrogen-bond donors (Lipinski definition) is 1. The lowest BCUT2D eigenvalue weighted by Gasteiger charge is -2.30. The van der Waals surface area contributed by atoms with Gasteiger partial charge < -0.3 is 5.32 Å². The van der Waals surface area contributed by atoms with Crippen LogP contribution in [0, 0.1) is 17.8 Å². The maximum Gasteiger partial charge on any atom is -0.00463 e. The largest absolute Gasteiger partial charge is 0.317 e. The summed E-state index contributed by atoms with van der Waals surface area (Å²) in [6, 6.07) is 0. The van der Waals surface area contributed by atoms with Crippen molar-refractivity contribution in [2.75, 3.05) is 13.1 Å². The van der Waals surface area contributed by atoms with Crippen LogP contribution in [-0.4, -0.2) is 13.1 Å². The molecule has 0 aromatic heterocycles. The normalized spacial score (nSPS) is 31.6. The van der Waals surface area contributed by atoms with Crippen molar-refractivity contribution >= 4 is 0 Å². The molecule has 2 fully saturated rings. The second-order valence-corrected chi connectivity index (χ2v) is 6.45. The Morgan fingerprint density at radius 1 is 0.706 bits per heavy atom. The average Bonchev–Trinajstić information content (AvgIpc) is 2.40. The lowest BCUT2D eigenvalue weighted by Crippen LogP contribution is -2.28. The van der Waals surface area contributed by atoms with Crippen molar-refractivity contribution < 1.29 is 0 Å². The number of piperidine rings is 1. The Labute approximate surface area is 108 Å². The summed E-state index contributed by atoms with van der Waals surface area (Å²) in [5.74, 6) is 3.21. The zero-order chi connectivity index (χ0) is 11.9. The highest BCUT2D eigenvalue weighted by atomic mass is 14.9. The Kier molecular flexibility index (Phi) is 5.84. The Morgan fingerprint density at radius 3 is 1.71 bits per heavy atom. The van der Waals surface area contributed by atoms with Crippen LogP contribution in [0.1, 0.15) is 71.1 Å². The molecule has 0 bridgehead atoms. The third kappa shape index (κ3) is 4.62. The molecular weight excluding hydrogens is 206 g/mol.